The minimum absolute atomic E-state index is 0.0434. The molecular formula is C18H28N2O4. The number of benzene rings is 1. The minimum atomic E-state index is -0.149. The van der Waals surface area contributed by atoms with Crippen LogP contribution in [-0.4, -0.2) is 44.0 Å². The van der Waals surface area contributed by atoms with Gasteiger partial charge in [0.25, 0.3) is 0 Å². The summed E-state index contributed by atoms with van der Waals surface area (Å²) in [6.07, 6.45) is 0.918. The van der Waals surface area contributed by atoms with Crippen molar-refractivity contribution in [3.8, 4) is 11.5 Å². The molecule has 0 aromatic heterocycles. The van der Waals surface area contributed by atoms with E-state index in [2.05, 4.69) is 19.2 Å². The molecule has 0 bridgehead atoms. The van der Waals surface area contributed by atoms with E-state index in [9.17, 15) is 9.59 Å². The lowest BCUT2D eigenvalue weighted by molar-refractivity contribution is -0.134. The Morgan fingerprint density at radius 2 is 1.83 bits per heavy atom. The summed E-state index contributed by atoms with van der Waals surface area (Å²) in [6, 6.07) is 5.45. The second-order valence-corrected chi connectivity index (χ2v) is 6.10. The molecule has 6 heteroatoms. The number of methoxy groups -OCH3 is 2. The zero-order chi connectivity index (χ0) is 18.1. The Morgan fingerprint density at radius 1 is 1.17 bits per heavy atom. The fourth-order valence-corrected chi connectivity index (χ4v) is 2.21. The first-order valence-corrected chi connectivity index (χ1v) is 8.10. The van der Waals surface area contributed by atoms with E-state index in [4.69, 9.17) is 9.47 Å². The van der Waals surface area contributed by atoms with Crippen LogP contribution in [0.5, 0.6) is 11.5 Å². The quantitative estimate of drug-likeness (QED) is 0.751. The van der Waals surface area contributed by atoms with Crippen LogP contribution in [0.25, 0.3) is 0 Å². The summed E-state index contributed by atoms with van der Waals surface area (Å²) in [4.78, 5) is 25.3. The van der Waals surface area contributed by atoms with Gasteiger partial charge in [0, 0.05) is 20.0 Å². The van der Waals surface area contributed by atoms with Crippen LogP contribution in [0.1, 0.15) is 32.8 Å². The van der Waals surface area contributed by atoms with Gasteiger partial charge in [-0.2, -0.15) is 0 Å². The minimum Gasteiger partial charge on any atom is -0.493 e. The number of rotatable bonds is 9. The molecule has 134 valence electrons. The van der Waals surface area contributed by atoms with Crippen molar-refractivity contribution in [2.24, 2.45) is 5.92 Å². The van der Waals surface area contributed by atoms with Gasteiger partial charge in [-0.05, 0) is 30.0 Å². The van der Waals surface area contributed by atoms with Gasteiger partial charge in [-0.25, -0.2) is 0 Å². The summed E-state index contributed by atoms with van der Waals surface area (Å²) < 4.78 is 10.5. The van der Waals surface area contributed by atoms with Gasteiger partial charge < -0.3 is 19.7 Å². The summed E-state index contributed by atoms with van der Waals surface area (Å²) in [7, 11) is 3.13. The van der Waals surface area contributed by atoms with Gasteiger partial charge in [0.15, 0.2) is 11.5 Å². The zero-order valence-corrected chi connectivity index (χ0v) is 15.2. The predicted octanol–water partition coefficient (Wildman–Crippen LogP) is 2.21. The van der Waals surface area contributed by atoms with Gasteiger partial charge in [0.05, 0.1) is 20.8 Å². The highest BCUT2D eigenvalue weighted by molar-refractivity contribution is 5.83. The van der Waals surface area contributed by atoms with Crippen molar-refractivity contribution in [2.45, 2.75) is 33.7 Å². The second kappa shape index (κ2) is 9.80. The molecule has 1 N–H and O–H groups in total. The van der Waals surface area contributed by atoms with Crippen LogP contribution in [0.2, 0.25) is 0 Å². The van der Waals surface area contributed by atoms with Crippen LogP contribution in [0, 0.1) is 5.92 Å². The summed E-state index contributed by atoms with van der Waals surface area (Å²) in [5.74, 6) is 1.46. The molecule has 0 aliphatic rings. The van der Waals surface area contributed by atoms with Crippen molar-refractivity contribution < 1.29 is 19.1 Å². The van der Waals surface area contributed by atoms with Crippen LogP contribution in [-0.2, 0) is 16.1 Å². The third-order valence-corrected chi connectivity index (χ3v) is 3.65. The molecule has 24 heavy (non-hydrogen) atoms. The number of carbonyl (C=O) groups excluding carboxylic acids is 2. The first-order chi connectivity index (χ1) is 11.4. The molecule has 1 aromatic carbocycles. The van der Waals surface area contributed by atoms with E-state index < -0.39 is 0 Å². The zero-order valence-electron chi connectivity index (χ0n) is 15.2. The van der Waals surface area contributed by atoms with E-state index in [1.54, 1.807) is 20.3 Å². The van der Waals surface area contributed by atoms with Crippen LogP contribution in [0.15, 0.2) is 18.2 Å². The molecule has 1 rings (SSSR count). The van der Waals surface area contributed by atoms with Crippen molar-refractivity contribution in [1.82, 2.24) is 10.2 Å². The highest BCUT2D eigenvalue weighted by Crippen LogP contribution is 2.28. The van der Waals surface area contributed by atoms with E-state index in [1.807, 2.05) is 12.1 Å². The second-order valence-electron chi connectivity index (χ2n) is 6.10. The molecule has 0 radical (unpaired) electrons. The molecule has 0 atom stereocenters. The largest absolute Gasteiger partial charge is 0.493 e. The van der Waals surface area contributed by atoms with E-state index in [-0.39, 0.29) is 18.4 Å². The standard InChI is InChI=1S/C18H28N2O4/c1-13(2)8-9-19-18(22)12-20(14(3)21)11-15-6-7-16(23-4)17(10-15)24-5/h6-7,10,13H,8-9,11-12H2,1-5H3,(H,19,22). The highest BCUT2D eigenvalue weighted by atomic mass is 16.5. The number of hydrogen-bond acceptors (Lipinski definition) is 4. The fraction of sp³-hybridized carbons (Fsp3) is 0.556. The van der Waals surface area contributed by atoms with Crippen LogP contribution >= 0.6 is 0 Å². The van der Waals surface area contributed by atoms with Gasteiger partial charge in [0.1, 0.15) is 0 Å². The molecule has 0 aliphatic heterocycles. The Morgan fingerprint density at radius 3 is 2.38 bits per heavy atom. The number of amides is 2. The van der Waals surface area contributed by atoms with Gasteiger partial charge >= 0.3 is 0 Å². The molecule has 0 fully saturated rings. The van der Waals surface area contributed by atoms with Gasteiger partial charge in [0.2, 0.25) is 11.8 Å². The van der Waals surface area contributed by atoms with Crippen molar-refractivity contribution in [3.63, 3.8) is 0 Å². The summed E-state index contributed by atoms with van der Waals surface area (Å²) in [5, 5.41) is 2.85. The third kappa shape index (κ3) is 6.48. The topological polar surface area (TPSA) is 67.9 Å². The molecule has 0 saturated heterocycles. The molecular weight excluding hydrogens is 308 g/mol. The average molecular weight is 336 g/mol. The number of hydrogen-bond donors (Lipinski definition) is 1. The molecule has 0 unspecified atom stereocenters. The molecule has 0 aliphatic carbocycles. The normalized spacial score (nSPS) is 10.4. The van der Waals surface area contributed by atoms with Crippen molar-refractivity contribution in [1.29, 1.82) is 0 Å². The molecule has 0 saturated carbocycles. The Balaban J connectivity index is 2.69. The number of nitrogens with zero attached hydrogens (tertiary/aromatic N) is 1. The Hall–Kier alpha value is -2.24. The summed E-state index contributed by atoms with van der Waals surface area (Å²) >= 11 is 0. The number of carbonyl (C=O) groups is 2. The molecule has 0 heterocycles. The van der Waals surface area contributed by atoms with Crippen molar-refractivity contribution >= 4 is 11.8 Å². The summed E-state index contributed by atoms with van der Waals surface area (Å²) in [5.41, 5.74) is 0.873. The SMILES string of the molecule is COc1ccc(CN(CC(=O)NCCC(C)C)C(C)=O)cc1OC. The van der Waals surface area contributed by atoms with E-state index in [0.717, 1.165) is 12.0 Å². The lowest BCUT2D eigenvalue weighted by atomic mass is 10.1. The highest BCUT2D eigenvalue weighted by Gasteiger charge is 2.15. The van der Waals surface area contributed by atoms with E-state index in [1.165, 1.54) is 11.8 Å². The monoisotopic (exact) mass is 336 g/mol. The Labute approximate surface area is 144 Å². The summed E-state index contributed by atoms with van der Waals surface area (Å²) in [6.45, 7) is 6.67. The van der Waals surface area contributed by atoms with Gasteiger partial charge in [-0.3, -0.25) is 9.59 Å². The Kier molecular flexibility index (Phi) is 8.09. The molecule has 6 nitrogen and oxygen atoms in total. The fourth-order valence-electron chi connectivity index (χ4n) is 2.21. The van der Waals surface area contributed by atoms with Gasteiger partial charge in [-0.15, -0.1) is 0 Å². The first-order valence-electron chi connectivity index (χ1n) is 8.10. The van der Waals surface area contributed by atoms with Crippen LogP contribution in [0.3, 0.4) is 0 Å². The lowest BCUT2D eigenvalue weighted by Gasteiger charge is -2.21. The molecule has 2 amide bonds. The maximum Gasteiger partial charge on any atom is 0.239 e. The predicted molar refractivity (Wildman–Crippen MR) is 93.1 cm³/mol. The maximum atomic E-state index is 12.0. The maximum absolute atomic E-state index is 12.0. The Bertz CT molecular complexity index is 558. The van der Waals surface area contributed by atoms with Crippen LogP contribution in [0.4, 0.5) is 0 Å². The average Bonchev–Trinajstić information content (AvgIpc) is 2.53. The lowest BCUT2D eigenvalue weighted by Crippen LogP contribution is -2.39. The molecule has 1 aromatic rings. The van der Waals surface area contributed by atoms with Crippen molar-refractivity contribution in [2.75, 3.05) is 27.3 Å². The third-order valence-electron chi connectivity index (χ3n) is 3.65. The first kappa shape index (κ1) is 19.8. The van der Waals surface area contributed by atoms with E-state index >= 15 is 0 Å². The number of nitrogens with one attached hydrogen (secondary N) is 1. The van der Waals surface area contributed by atoms with Crippen molar-refractivity contribution in [3.05, 3.63) is 23.8 Å². The van der Waals surface area contributed by atoms with Gasteiger partial charge in [-0.1, -0.05) is 19.9 Å². The smallest absolute Gasteiger partial charge is 0.239 e. The molecule has 0 spiro atoms. The van der Waals surface area contributed by atoms with E-state index in [0.29, 0.717) is 30.5 Å². The number of ether oxygens (including phenoxy) is 2. The van der Waals surface area contributed by atoms with Crippen LogP contribution < -0.4 is 14.8 Å².